The van der Waals surface area contributed by atoms with Crippen LogP contribution in [-0.2, 0) is 11.2 Å². The summed E-state index contributed by atoms with van der Waals surface area (Å²) in [6, 6.07) is 3.92. The van der Waals surface area contributed by atoms with E-state index < -0.39 is 11.6 Å². The Morgan fingerprint density at radius 1 is 1.26 bits per heavy atom. The minimum Gasteiger partial charge on any atom is -0.382 e. The molecule has 0 spiro atoms. The molecule has 2 nitrogen and oxygen atoms in total. The van der Waals surface area contributed by atoms with Crippen molar-refractivity contribution in [1.29, 1.82) is 0 Å². The van der Waals surface area contributed by atoms with Crippen molar-refractivity contribution in [3.63, 3.8) is 0 Å². The minimum absolute atomic E-state index is 0.159. The Balaban J connectivity index is 2.58. The molecule has 1 N–H and O–H groups in total. The third-order valence-electron chi connectivity index (χ3n) is 2.98. The van der Waals surface area contributed by atoms with E-state index in [2.05, 4.69) is 12.2 Å². The van der Waals surface area contributed by atoms with Crippen molar-refractivity contribution in [2.24, 2.45) is 0 Å². The fourth-order valence-electron chi connectivity index (χ4n) is 1.95. The highest BCUT2D eigenvalue weighted by atomic mass is 19.1. The Labute approximate surface area is 114 Å². The Morgan fingerprint density at radius 2 is 2.05 bits per heavy atom. The molecule has 1 aromatic carbocycles. The summed E-state index contributed by atoms with van der Waals surface area (Å²) < 4.78 is 31.8. The predicted octanol–water partition coefficient (Wildman–Crippen LogP) is 3.30. The van der Waals surface area contributed by atoms with Crippen LogP contribution in [0, 0.1) is 11.6 Å². The Morgan fingerprint density at radius 3 is 2.68 bits per heavy atom. The van der Waals surface area contributed by atoms with Crippen molar-refractivity contribution in [2.45, 2.75) is 39.2 Å². The Bertz CT molecular complexity index is 371. The molecule has 0 aliphatic rings. The number of benzene rings is 1. The zero-order valence-electron chi connectivity index (χ0n) is 11.7. The maximum absolute atomic E-state index is 13.6. The molecule has 0 amide bonds. The summed E-state index contributed by atoms with van der Waals surface area (Å²) in [6.07, 6.45) is 2.40. The van der Waals surface area contributed by atoms with Crippen LogP contribution in [0.4, 0.5) is 8.78 Å². The first-order valence-electron chi connectivity index (χ1n) is 6.92. The number of hydrogen-bond acceptors (Lipinski definition) is 2. The maximum Gasteiger partial charge on any atom is 0.129 e. The van der Waals surface area contributed by atoms with Crippen LogP contribution in [-0.4, -0.2) is 25.8 Å². The highest BCUT2D eigenvalue weighted by Gasteiger charge is 2.12. The summed E-state index contributed by atoms with van der Waals surface area (Å²) in [6.45, 7) is 6.27. The maximum atomic E-state index is 13.6. The van der Waals surface area contributed by atoms with E-state index in [1.165, 1.54) is 12.1 Å². The second kappa shape index (κ2) is 8.99. The molecule has 1 aromatic rings. The summed E-state index contributed by atoms with van der Waals surface area (Å²) in [5, 5.41) is 3.38. The molecule has 108 valence electrons. The summed E-state index contributed by atoms with van der Waals surface area (Å²) in [5.41, 5.74) is 0.548. The van der Waals surface area contributed by atoms with E-state index in [4.69, 9.17) is 4.74 Å². The lowest BCUT2D eigenvalue weighted by atomic mass is 10.0. The number of hydrogen-bond donors (Lipinski definition) is 1. The highest BCUT2D eigenvalue weighted by molar-refractivity contribution is 5.19. The van der Waals surface area contributed by atoms with Gasteiger partial charge in [-0.25, -0.2) is 8.78 Å². The van der Waals surface area contributed by atoms with Gasteiger partial charge in [0, 0.05) is 25.3 Å². The Hall–Kier alpha value is -1.00. The third kappa shape index (κ3) is 6.12. The van der Waals surface area contributed by atoms with E-state index in [1.807, 2.05) is 6.92 Å². The van der Waals surface area contributed by atoms with E-state index >= 15 is 0 Å². The second-order valence-corrected chi connectivity index (χ2v) is 4.58. The van der Waals surface area contributed by atoms with Crippen molar-refractivity contribution in [2.75, 3.05) is 19.8 Å². The number of halogens is 2. The molecule has 1 unspecified atom stereocenters. The first kappa shape index (κ1) is 16.1. The zero-order valence-corrected chi connectivity index (χ0v) is 11.7. The number of rotatable bonds is 9. The van der Waals surface area contributed by atoms with Crippen LogP contribution >= 0.6 is 0 Å². The number of ether oxygens (including phenoxy) is 1. The van der Waals surface area contributed by atoms with E-state index in [9.17, 15) is 8.78 Å². The lowest BCUT2D eigenvalue weighted by Crippen LogP contribution is -2.33. The average molecular weight is 271 g/mol. The molecule has 0 saturated carbocycles. The SMILES string of the molecule is CCCNC(CCOCC)Cc1ccc(F)cc1F. The standard InChI is InChI=1S/C15H23F2NO/c1-3-8-18-14(7-9-19-4-2)10-12-5-6-13(16)11-15(12)17/h5-6,11,14,18H,3-4,7-10H2,1-2H3. The summed E-state index contributed by atoms with van der Waals surface area (Å²) >= 11 is 0. The number of nitrogens with one attached hydrogen (secondary N) is 1. The fourth-order valence-corrected chi connectivity index (χ4v) is 1.95. The van der Waals surface area contributed by atoms with Crippen LogP contribution in [0.5, 0.6) is 0 Å². The summed E-state index contributed by atoms with van der Waals surface area (Å²) in [5.74, 6) is -1.01. The predicted molar refractivity (Wildman–Crippen MR) is 73.3 cm³/mol. The molecule has 1 atom stereocenters. The lowest BCUT2D eigenvalue weighted by molar-refractivity contribution is 0.136. The van der Waals surface area contributed by atoms with Crippen LogP contribution in [0.25, 0.3) is 0 Å². The van der Waals surface area contributed by atoms with Gasteiger partial charge in [-0.1, -0.05) is 13.0 Å². The quantitative estimate of drug-likeness (QED) is 0.696. The lowest BCUT2D eigenvalue weighted by Gasteiger charge is -2.19. The molecular weight excluding hydrogens is 248 g/mol. The smallest absolute Gasteiger partial charge is 0.129 e. The van der Waals surface area contributed by atoms with Gasteiger partial charge < -0.3 is 10.1 Å². The van der Waals surface area contributed by atoms with Gasteiger partial charge in [0.15, 0.2) is 0 Å². The first-order valence-corrected chi connectivity index (χ1v) is 6.92. The van der Waals surface area contributed by atoms with Crippen molar-refractivity contribution in [1.82, 2.24) is 5.32 Å². The van der Waals surface area contributed by atoms with Crippen LogP contribution in [0.1, 0.15) is 32.3 Å². The van der Waals surface area contributed by atoms with Crippen LogP contribution in [0.15, 0.2) is 18.2 Å². The van der Waals surface area contributed by atoms with E-state index in [0.29, 0.717) is 25.2 Å². The van der Waals surface area contributed by atoms with Crippen LogP contribution in [0.3, 0.4) is 0 Å². The second-order valence-electron chi connectivity index (χ2n) is 4.58. The zero-order chi connectivity index (χ0) is 14.1. The summed E-state index contributed by atoms with van der Waals surface area (Å²) in [4.78, 5) is 0. The minimum atomic E-state index is -0.534. The van der Waals surface area contributed by atoms with Gasteiger partial charge in [-0.15, -0.1) is 0 Å². The summed E-state index contributed by atoms with van der Waals surface area (Å²) in [7, 11) is 0. The topological polar surface area (TPSA) is 21.3 Å². The molecule has 1 rings (SSSR count). The molecule has 0 radical (unpaired) electrons. The van der Waals surface area contributed by atoms with Crippen molar-refractivity contribution in [3.05, 3.63) is 35.4 Å². The van der Waals surface area contributed by atoms with Gasteiger partial charge in [0.05, 0.1) is 0 Å². The third-order valence-corrected chi connectivity index (χ3v) is 2.98. The average Bonchev–Trinajstić information content (AvgIpc) is 2.39. The largest absolute Gasteiger partial charge is 0.382 e. The molecule has 0 aliphatic heterocycles. The van der Waals surface area contributed by atoms with E-state index in [0.717, 1.165) is 25.5 Å². The molecule has 0 heterocycles. The van der Waals surface area contributed by atoms with Gasteiger partial charge >= 0.3 is 0 Å². The fraction of sp³-hybridized carbons (Fsp3) is 0.600. The molecular formula is C15H23F2NO. The molecule has 0 saturated heterocycles. The van der Waals surface area contributed by atoms with Crippen molar-refractivity contribution in [3.8, 4) is 0 Å². The van der Waals surface area contributed by atoms with E-state index in [1.54, 1.807) is 0 Å². The van der Waals surface area contributed by atoms with Gasteiger partial charge in [-0.3, -0.25) is 0 Å². The normalized spacial score (nSPS) is 12.6. The van der Waals surface area contributed by atoms with Gasteiger partial charge in [-0.2, -0.15) is 0 Å². The van der Waals surface area contributed by atoms with Gasteiger partial charge in [-0.05, 0) is 44.4 Å². The molecule has 0 fully saturated rings. The van der Waals surface area contributed by atoms with Crippen molar-refractivity contribution >= 4 is 0 Å². The Kier molecular flexibility index (Phi) is 7.60. The van der Waals surface area contributed by atoms with Gasteiger partial charge in [0.25, 0.3) is 0 Å². The van der Waals surface area contributed by atoms with Crippen molar-refractivity contribution < 1.29 is 13.5 Å². The van der Waals surface area contributed by atoms with Crippen LogP contribution < -0.4 is 5.32 Å². The van der Waals surface area contributed by atoms with E-state index in [-0.39, 0.29) is 6.04 Å². The molecule has 0 aliphatic carbocycles. The first-order chi connectivity index (χ1) is 9.17. The highest BCUT2D eigenvalue weighted by Crippen LogP contribution is 2.13. The molecule has 0 bridgehead atoms. The van der Waals surface area contributed by atoms with Gasteiger partial charge in [0.2, 0.25) is 0 Å². The molecule has 4 heteroatoms. The molecule has 19 heavy (non-hydrogen) atoms. The van der Waals surface area contributed by atoms with Crippen LogP contribution in [0.2, 0.25) is 0 Å². The van der Waals surface area contributed by atoms with Gasteiger partial charge in [0.1, 0.15) is 11.6 Å². The monoisotopic (exact) mass is 271 g/mol. The molecule has 0 aromatic heterocycles.